The van der Waals surface area contributed by atoms with Crippen LogP contribution in [0.25, 0.3) is 0 Å². The van der Waals surface area contributed by atoms with Gasteiger partial charge in [0.2, 0.25) is 0 Å². The van der Waals surface area contributed by atoms with E-state index in [1.54, 1.807) is 91.0 Å². The van der Waals surface area contributed by atoms with Crippen molar-refractivity contribution in [1.29, 1.82) is 0 Å². The molecule has 4 aromatic rings. The first-order valence-electron chi connectivity index (χ1n) is 15.4. The fraction of sp³-hybridized carbons (Fsp3) is 0.243. The van der Waals surface area contributed by atoms with Crippen LogP contribution in [0.3, 0.4) is 0 Å². The molecule has 250 valence electrons. The van der Waals surface area contributed by atoms with Gasteiger partial charge in [0.05, 0.1) is 23.8 Å². The van der Waals surface area contributed by atoms with Gasteiger partial charge in [-0.1, -0.05) is 60.5 Å². The van der Waals surface area contributed by atoms with Gasteiger partial charge in [0.15, 0.2) is 18.4 Å². The number of unbranched alkanes of at least 4 members (excludes halogenated alkanes) is 1. The van der Waals surface area contributed by atoms with E-state index in [4.69, 9.17) is 18.9 Å². The molecule has 0 N–H and O–H groups in total. The molecule has 4 atom stereocenters. The Bertz CT molecular complexity index is 1880. The summed E-state index contributed by atoms with van der Waals surface area (Å²) in [7, 11) is 1.31. The molecule has 0 amide bonds. The number of carbonyl (C=O) groups is 4. The minimum absolute atomic E-state index is 0.163. The smallest absolute Gasteiger partial charge is 0.350 e. The Morgan fingerprint density at radius 2 is 1.33 bits per heavy atom. The molecule has 49 heavy (non-hydrogen) atoms. The minimum atomic E-state index is -1.38. The summed E-state index contributed by atoms with van der Waals surface area (Å²) in [4.78, 5) is 68.2. The number of rotatable bonds is 11. The Morgan fingerprint density at radius 3 is 1.88 bits per heavy atom. The van der Waals surface area contributed by atoms with E-state index in [0.29, 0.717) is 12.8 Å². The van der Waals surface area contributed by atoms with Crippen molar-refractivity contribution in [3.63, 3.8) is 0 Å². The zero-order valence-corrected chi connectivity index (χ0v) is 26.4. The summed E-state index contributed by atoms with van der Waals surface area (Å²) in [6, 6.07) is 26.0. The van der Waals surface area contributed by atoms with Crippen LogP contribution in [0, 0.1) is 11.8 Å². The van der Waals surface area contributed by atoms with E-state index in [1.807, 2.05) is 0 Å². The molecule has 0 spiro atoms. The lowest BCUT2D eigenvalue weighted by molar-refractivity contribution is -0.140. The lowest BCUT2D eigenvalue weighted by Crippen LogP contribution is -2.42. The van der Waals surface area contributed by atoms with Crippen LogP contribution in [0.4, 0.5) is 0 Å². The van der Waals surface area contributed by atoms with Gasteiger partial charge in [-0.25, -0.2) is 19.2 Å². The first-order chi connectivity index (χ1) is 23.8. The van der Waals surface area contributed by atoms with E-state index < -0.39 is 54.7 Å². The second-order valence-corrected chi connectivity index (χ2v) is 10.7. The summed E-state index contributed by atoms with van der Waals surface area (Å²) in [6.07, 6.45) is -2.79. The largest absolute Gasteiger partial charge is 0.469 e. The predicted molar refractivity (Wildman–Crippen MR) is 173 cm³/mol. The Kier molecular flexibility index (Phi) is 11.7. The van der Waals surface area contributed by atoms with E-state index in [1.165, 1.54) is 19.4 Å². The Labute approximate surface area is 281 Å². The van der Waals surface area contributed by atoms with E-state index in [-0.39, 0.29) is 34.8 Å². The zero-order chi connectivity index (χ0) is 34.6. The Hall–Kier alpha value is -6.06. The van der Waals surface area contributed by atoms with Gasteiger partial charge in [0.1, 0.15) is 18.4 Å². The van der Waals surface area contributed by atoms with Crippen LogP contribution in [0.15, 0.2) is 108 Å². The topological polar surface area (TPSA) is 149 Å². The molecular weight excluding hydrogens is 632 g/mol. The summed E-state index contributed by atoms with van der Waals surface area (Å²) >= 11 is 0. The summed E-state index contributed by atoms with van der Waals surface area (Å²) in [5, 5.41) is 0. The average molecular weight is 665 g/mol. The summed E-state index contributed by atoms with van der Waals surface area (Å²) in [5.74, 6) is 3.13. The first kappa shape index (κ1) is 34.3. The van der Waals surface area contributed by atoms with Crippen molar-refractivity contribution in [2.24, 2.45) is 0 Å². The number of hydrogen-bond acceptors (Lipinski definition) is 11. The number of ether oxygens (including phenoxy) is 5. The van der Waals surface area contributed by atoms with E-state index in [9.17, 15) is 24.0 Å². The lowest BCUT2D eigenvalue weighted by Gasteiger charge is -2.25. The monoisotopic (exact) mass is 664 g/mol. The molecule has 0 radical (unpaired) electrons. The molecule has 3 aromatic carbocycles. The highest BCUT2D eigenvalue weighted by Crippen LogP contribution is 2.34. The van der Waals surface area contributed by atoms with Crippen molar-refractivity contribution < 1.29 is 42.9 Å². The third kappa shape index (κ3) is 9.06. The maximum Gasteiger partial charge on any atom is 0.350 e. The fourth-order valence-electron chi connectivity index (χ4n) is 4.93. The third-order valence-corrected chi connectivity index (χ3v) is 7.41. The minimum Gasteiger partial charge on any atom is -0.469 e. The number of carbonyl (C=O) groups excluding carboxylic acids is 4. The molecule has 12 nitrogen and oxygen atoms in total. The highest BCUT2D eigenvalue weighted by atomic mass is 16.7. The van der Waals surface area contributed by atoms with Gasteiger partial charge in [-0.05, 0) is 54.8 Å². The van der Waals surface area contributed by atoms with Crippen LogP contribution < -0.4 is 5.69 Å². The van der Waals surface area contributed by atoms with Gasteiger partial charge in [-0.3, -0.25) is 9.36 Å². The molecule has 0 saturated carbocycles. The second-order valence-electron chi connectivity index (χ2n) is 10.7. The van der Waals surface area contributed by atoms with Crippen LogP contribution in [0.1, 0.15) is 62.3 Å². The number of aromatic nitrogens is 2. The second kappa shape index (κ2) is 16.7. The fourth-order valence-corrected chi connectivity index (χ4v) is 4.93. The van der Waals surface area contributed by atoms with Gasteiger partial charge < -0.3 is 23.7 Å². The molecular formula is C37H32N2O10. The van der Waals surface area contributed by atoms with Gasteiger partial charge in [-0.2, -0.15) is 4.98 Å². The zero-order valence-electron chi connectivity index (χ0n) is 26.4. The molecule has 0 bridgehead atoms. The SMILES string of the molecule is COC(=O)CCCC#Cc1ccn([C@@H]2O[C@H](COC(=O)c3ccccc3)[C@@H](OC(=O)c3ccccc3)[C@H]2OC(=O)c2ccccc2)c(=O)n1. The molecule has 12 heteroatoms. The molecule has 1 fully saturated rings. The highest BCUT2D eigenvalue weighted by molar-refractivity contribution is 5.91. The van der Waals surface area contributed by atoms with Crippen molar-refractivity contribution in [3.05, 3.63) is 136 Å². The van der Waals surface area contributed by atoms with Crippen molar-refractivity contribution in [3.8, 4) is 11.8 Å². The molecule has 1 aliphatic heterocycles. The van der Waals surface area contributed by atoms with Crippen LogP contribution in [-0.4, -0.2) is 65.5 Å². The Balaban J connectivity index is 1.45. The summed E-state index contributed by atoms with van der Waals surface area (Å²) in [6.45, 7) is -0.409. The summed E-state index contributed by atoms with van der Waals surface area (Å²) in [5.41, 5.74) is 0.0752. The van der Waals surface area contributed by atoms with Crippen LogP contribution in [-0.2, 0) is 28.5 Å². The lowest BCUT2D eigenvalue weighted by atomic mass is 10.1. The first-order valence-corrected chi connectivity index (χ1v) is 15.4. The molecule has 0 unspecified atom stereocenters. The molecule has 0 aliphatic carbocycles. The Morgan fingerprint density at radius 1 is 0.776 bits per heavy atom. The van der Waals surface area contributed by atoms with Gasteiger partial charge >= 0.3 is 29.6 Å². The predicted octanol–water partition coefficient (Wildman–Crippen LogP) is 4.14. The third-order valence-electron chi connectivity index (χ3n) is 7.41. The standard InChI is InChI=1S/C37H32N2O10/c1-45-30(40)21-13-5-12-20-28-22-23-39(37(44)38-28)33-32(49-36(43)27-18-10-4-11-19-27)31(48-35(42)26-16-8-3-9-17-26)29(47-33)24-46-34(41)25-14-6-2-7-15-25/h2-4,6-11,14-19,22-23,29,31-33H,5,13,21,24H2,1H3/t29-,31-,32-,33-/m1/s1. The van der Waals surface area contributed by atoms with E-state index >= 15 is 0 Å². The quantitative estimate of drug-likeness (QED) is 0.0986. The molecule has 1 aliphatic rings. The number of hydrogen-bond donors (Lipinski definition) is 0. The van der Waals surface area contributed by atoms with E-state index in [0.717, 1.165) is 4.57 Å². The number of methoxy groups -OCH3 is 1. The molecule has 2 heterocycles. The van der Waals surface area contributed by atoms with Crippen molar-refractivity contribution in [2.75, 3.05) is 13.7 Å². The van der Waals surface area contributed by atoms with Crippen LogP contribution in [0.5, 0.6) is 0 Å². The number of esters is 4. The number of nitrogens with zero attached hydrogens (tertiary/aromatic N) is 2. The van der Waals surface area contributed by atoms with Crippen molar-refractivity contribution in [1.82, 2.24) is 9.55 Å². The maximum atomic E-state index is 13.4. The van der Waals surface area contributed by atoms with Gasteiger partial charge in [0, 0.05) is 19.0 Å². The molecule has 1 aromatic heterocycles. The van der Waals surface area contributed by atoms with Crippen LogP contribution in [0.2, 0.25) is 0 Å². The normalized spacial score (nSPS) is 18.0. The van der Waals surface area contributed by atoms with Gasteiger partial charge in [-0.15, -0.1) is 0 Å². The van der Waals surface area contributed by atoms with Crippen molar-refractivity contribution >= 4 is 23.9 Å². The van der Waals surface area contributed by atoms with E-state index in [2.05, 4.69) is 21.6 Å². The van der Waals surface area contributed by atoms with Crippen LogP contribution >= 0.6 is 0 Å². The van der Waals surface area contributed by atoms with Gasteiger partial charge in [0.25, 0.3) is 0 Å². The number of benzene rings is 3. The summed E-state index contributed by atoms with van der Waals surface area (Å²) < 4.78 is 29.3. The average Bonchev–Trinajstić information content (AvgIpc) is 3.46. The molecule has 1 saturated heterocycles. The maximum absolute atomic E-state index is 13.4. The van der Waals surface area contributed by atoms with Crippen molar-refractivity contribution in [2.45, 2.75) is 43.8 Å². The highest BCUT2D eigenvalue weighted by Gasteiger charge is 2.51. The molecule has 5 rings (SSSR count).